The van der Waals surface area contributed by atoms with Crippen molar-refractivity contribution >= 4 is 5.97 Å². The second-order valence-electron chi connectivity index (χ2n) is 4.31. The topological polar surface area (TPSA) is 75.4 Å². The molecule has 0 spiro atoms. The first-order valence-corrected chi connectivity index (χ1v) is 5.89. The maximum Gasteiger partial charge on any atom is 0.320 e. The molecule has 1 rings (SSSR count). The Morgan fingerprint density at radius 2 is 2.18 bits per heavy atom. The average Bonchev–Trinajstić information content (AvgIpc) is 2.57. The molecule has 5 heteroatoms. The molecule has 0 saturated heterocycles. The van der Waals surface area contributed by atoms with Gasteiger partial charge < -0.3 is 9.63 Å². The maximum absolute atomic E-state index is 11.1. The Bertz CT molecular complexity index is 368. The highest BCUT2D eigenvalue weighted by Gasteiger charge is 2.22. The van der Waals surface area contributed by atoms with Crippen molar-refractivity contribution in [2.45, 2.75) is 52.6 Å². The lowest BCUT2D eigenvalue weighted by atomic mass is 10.0. The van der Waals surface area contributed by atoms with Crippen LogP contribution >= 0.6 is 0 Å². The quantitative estimate of drug-likeness (QED) is 0.797. The molecule has 96 valence electrons. The number of aliphatic carboxylic acids is 1. The monoisotopic (exact) mass is 240 g/mol. The molecule has 1 aromatic heterocycles. The van der Waals surface area contributed by atoms with Gasteiger partial charge in [-0.05, 0) is 27.2 Å². The van der Waals surface area contributed by atoms with Crippen LogP contribution in [-0.4, -0.2) is 22.3 Å². The summed E-state index contributed by atoms with van der Waals surface area (Å²) in [5, 5.41) is 16.1. The highest BCUT2D eigenvalue weighted by atomic mass is 16.5. The van der Waals surface area contributed by atoms with Crippen LogP contribution in [0.5, 0.6) is 0 Å². The number of hydrogen-bond donors (Lipinski definition) is 2. The summed E-state index contributed by atoms with van der Waals surface area (Å²) in [5.41, 5.74) is 1.76. The van der Waals surface area contributed by atoms with Gasteiger partial charge in [-0.25, -0.2) is 0 Å². The van der Waals surface area contributed by atoms with Crippen LogP contribution < -0.4 is 5.32 Å². The molecule has 1 heterocycles. The molecule has 0 amide bonds. The normalized spacial score (nSPS) is 14.6. The Kier molecular flexibility index (Phi) is 4.69. The fourth-order valence-electron chi connectivity index (χ4n) is 2.06. The molecule has 5 nitrogen and oxygen atoms in total. The minimum Gasteiger partial charge on any atom is -0.480 e. The lowest BCUT2D eigenvalue weighted by Gasteiger charge is -2.19. The van der Waals surface area contributed by atoms with Crippen LogP contribution in [-0.2, 0) is 4.79 Å². The van der Waals surface area contributed by atoms with Crippen molar-refractivity contribution in [2.24, 2.45) is 0 Å². The van der Waals surface area contributed by atoms with Gasteiger partial charge >= 0.3 is 5.97 Å². The Morgan fingerprint density at radius 1 is 1.53 bits per heavy atom. The molecule has 2 atom stereocenters. The zero-order valence-corrected chi connectivity index (χ0v) is 10.8. The molecule has 0 saturated carbocycles. The second-order valence-corrected chi connectivity index (χ2v) is 4.31. The smallest absolute Gasteiger partial charge is 0.320 e. The van der Waals surface area contributed by atoms with Crippen molar-refractivity contribution in [3.8, 4) is 0 Å². The van der Waals surface area contributed by atoms with E-state index >= 15 is 0 Å². The van der Waals surface area contributed by atoms with E-state index < -0.39 is 12.0 Å². The summed E-state index contributed by atoms with van der Waals surface area (Å²) in [5.74, 6) is -0.0754. The fourth-order valence-corrected chi connectivity index (χ4v) is 2.06. The number of hydrogen-bond acceptors (Lipinski definition) is 4. The highest BCUT2D eigenvalue weighted by Crippen LogP contribution is 2.21. The summed E-state index contributed by atoms with van der Waals surface area (Å²) in [7, 11) is 0. The Balaban J connectivity index is 2.77. The Hall–Kier alpha value is -1.36. The van der Waals surface area contributed by atoms with E-state index in [4.69, 9.17) is 9.63 Å². The zero-order chi connectivity index (χ0) is 13.0. The predicted octanol–water partition coefficient (Wildman–Crippen LogP) is 2.20. The van der Waals surface area contributed by atoms with Crippen molar-refractivity contribution in [2.75, 3.05) is 0 Å². The third-order valence-corrected chi connectivity index (χ3v) is 2.85. The van der Waals surface area contributed by atoms with E-state index in [9.17, 15) is 4.79 Å². The van der Waals surface area contributed by atoms with Crippen LogP contribution in [0.2, 0.25) is 0 Å². The highest BCUT2D eigenvalue weighted by molar-refractivity contribution is 5.73. The van der Waals surface area contributed by atoms with E-state index in [-0.39, 0.29) is 6.04 Å². The molecule has 17 heavy (non-hydrogen) atoms. The molecule has 2 N–H and O–H groups in total. The first kappa shape index (κ1) is 13.7. The van der Waals surface area contributed by atoms with Crippen molar-refractivity contribution < 1.29 is 14.4 Å². The number of rotatable bonds is 6. The number of carboxylic acids is 1. The summed E-state index contributed by atoms with van der Waals surface area (Å²) in [6, 6.07) is -0.599. The minimum atomic E-state index is -0.814. The van der Waals surface area contributed by atoms with E-state index in [0.29, 0.717) is 6.42 Å². The van der Waals surface area contributed by atoms with E-state index in [1.54, 1.807) is 0 Å². The van der Waals surface area contributed by atoms with Gasteiger partial charge in [-0.15, -0.1) is 0 Å². The van der Waals surface area contributed by atoms with E-state index in [0.717, 1.165) is 23.4 Å². The van der Waals surface area contributed by atoms with Crippen molar-refractivity contribution in [3.63, 3.8) is 0 Å². The number of carboxylic acid groups (broad SMARTS) is 1. The predicted molar refractivity (Wildman–Crippen MR) is 63.9 cm³/mol. The molecule has 0 aromatic carbocycles. The van der Waals surface area contributed by atoms with Gasteiger partial charge in [0, 0.05) is 11.6 Å². The molecular weight excluding hydrogens is 220 g/mol. The number of nitrogens with zero attached hydrogens (tertiary/aromatic N) is 1. The lowest BCUT2D eigenvalue weighted by Crippen LogP contribution is -2.38. The summed E-state index contributed by atoms with van der Waals surface area (Å²) in [6.45, 7) is 7.60. The van der Waals surface area contributed by atoms with Crippen LogP contribution in [0, 0.1) is 13.8 Å². The van der Waals surface area contributed by atoms with Crippen LogP contribution in [0.4, 0.5) is 0 Å². The van der Waals surface area contributed by atoms with Gasteiger partial charge in [0.2, 0.25) is 0 Å². The standard InChI is InChI=1S/C12H20N2O3/c1-5-6-10(12(15)16)13-7(2)11-8(3)14-17-9(11)4/h7,10,13H,5-6H2,1-4H3,(H,15,16). The van der Waals surface area contributed by atoms with Gasteiger partial charge in [0.1, 0.15) is 11.8 Å². The van der Waals surface area contributed by atoms with Crippen molar-refractivity contribution in [1.82, 2.24) is 10.5 Å². The fraction of sp³-hybridized carbons (Fsp3) is 0.667. The van der Waals surface area contributed by atoms with Crippen molar-refractivity contribution in [3.05, 3.63) is 17.0 Å². The lowest BCUT2D eigenvalue weighted by molar-refractivity contribution is -0.139. The van der Waals surface area contributed by atoms with Gasteiger partial charge in [0.25, 0.3) is 0 Å². The molecule has 2 unspecified atom stereocenters. The molecule has 0 aliphatic carbocycles. The summed E-state index contributed by atoms with van der Waals surface area (Å²) in [4.78, 5) is 11.1. The zero-order valence-electron chi connectivity index (χ0n) is 10.8. The van der Waals surface area contributed by atoms with Gasteiger partial charge in [-0.2, -0.15) is 0 Å². The number of carbonyl (C=O) groups is 1. The molecule has 1 aromatic rings. The van der Waals surface area contributed by atoms with Crippen LogP contribution in [0.15, 0.2) is 4.52 Å². The minimum absolute atomic E-state index is 0.0751. The third kappa shape index (κ3) is 3.30. The number of nitrogens with one attached hydrogen (secondary N) is 1. The maximum atomic E-state index is 11.1. The summed E-state index contributed by atoms with van der Waals surface area (Å²) in [6.07, 6.45) is 1.45. The first-order chi connectivity index (χ1) is 7.97. The van der Waals surface area contributed by atoms with Crippen LogP contribution in [0.3, 0.4) is 0 Å². The van der Waals surface area contributed by atoms with Gasteiger partial charge in [-0.1, -0.05) is 18.5 Å². The Labute approximate surface area is 101 Å². The SMILES string of the molecule is CCCC(NC(C)c1c(C)noc1C)C(=O)O. The van der Waals surface area contributed by atoms with Crippen molar-refractivity contribution in [1.29, 1.82) is 0 Å². The van der Waals surface area contributed by atoms with Gasteiger partial charge in [0.05, 0.1) is 5.69 Å². The van der Waals surface area contributed by atoms with Gasteiger partial charge in [-0.3, -0.25) is 10.1 Å². The van der Waals surface area contributed by atoms with E-state index in [1.807, 2.05) is 27.7 Å². The second kappa shape index (κ2) is 5.82. The molecule has 0 bridgehead atoms. The molecule has 0 radical (unpaired) electrons. The largest absolute Gasteiger partial charge is 0.480 e. The average molecular weight is 240 g/mol. The Morgan fingerprint density at radius 3 is 2.59 bits per heavy atom. The molecule has 0 aliphatic heterocycles. The van der Waals surface area contributed by atoms with Gasteiger partial charge in [0.15, 0.2) is 0 Å². The number of aromatic nitrogens is 1. The summed E-state index contributed by atoms with van der Waals surface area (Å²) >= 11 is 0. The van der Waals surface area contributed by atoms with E-state index in [1.165, 1.54) is 0 Å². The molecule has 0 aliphatic rings. The third-order valence-electron chi connectivity index (χ3n) is 2.85. The van der Waals surface area contributed by atoms with Crippen LogP contribution in [0.25, 0.3) is 0 Å². The first-order valence-electron chi connectivity index (χ1n) is 5.89. The summed E-state index contributed by atoms with van der Waals surface area (Å²) < 4.78 is 5.08. The molecule has 0 fully saturated rings. The molecular formula is C12H20N2O3. The number of aryl methyl sites for hydroxylation is 2. The van der Waals surface area contributed by atoms with Crippen LogP contribution in [0.1, 0.15) is 49.7 Å². The van der Waals surface area contributed by atoms with E-state index in [2.05, 4.69) is 10.5 Å².